The summed E-state index contributed by atoms with van der Waals surface area (Å²) in [4.78, 5) is 12.6. The van der Waals surface area contributed by atoms with Crippen LogP contribution < -0.4 is 0 Å². The van der Waals surface area contributed by atoms with Crippen molar-refractivity contribution in [3.63, 3.8) is 0 Å². The first kappa shape index (κ1) is 32.5. The van der Waals surface area contributed by atoms with Crippen LogP contribution in [0, 0.1) is 11.8 Å². The standard InChI is InChI=1S/C31H62O2/c1-5-9-11-13-15-17-18-19-21-23-25-27-30(8-4)31(32)33-28-29(7-3)26-24-22-20-16-14-12-10-6-2/h29-30H,5-28H2,1-4H3. The number of hydrogen-bond acceptors (Lipinski definition) is 2. The molecule has 0 aromatic rings. The van der Waals surface area contributed by atoms with Gasteiger partial charge in [0.05, 0.1) is 12.5 Å². The maximum absolute atomic E-state index is 12.6. The zero-order valence-electron chi connectivity index (χ0n) is 23.4. The Morgan fingerprint density at radius 2 is 0.909 bits per heavy atom. The summed E-state index contributed by atoms with van der Waals surface area (Å²) in [6.45, 7) is 9.58. The third kappa shape index (κ3) is 21.7. The van der Waals surface area contributed by atoms with Gasteiger partial charge < -0.3 is 4.74 Å². The molecule has 0 radical (unpaired) electrons. The summed E-state index contributed by atoms with van der Waals surface area (Å²) in [5.41, 5.74) is 0. The van der Waals surface area contributed by atoms with Crippen molar-refractivity contribution in [3.8, 4) is 0 Å². The van der Waals surface area contributed by atoms with Gasteiger partial charge in [0.15, 0.2) is 0 Å². The van der Waals surface area contributed by atoms with Crippen LogP contribution in [-0.2, 0) is 9.53 Å². The van der Waals surface area contributed by atoms with Gasteiger partial charge in [-0.2, -0.15) is 0 Å². The number of rotatable bonds is 26. The number of unbranched alkanes of at least 4 members (excludes halogenated alkanes) is 17. The minimum Gasteiger partial charge on any atom is -0.465 e. The van der Waals surface area contributed by atoms with E-state index in [2.05, 4.69) is 27.7 Å². The molecular formula is C31H62O2. The highest BCUT2D eigenvalue weighted by Gasteiger charge is 2.19. The molecule has 0 rings (SSSR count). The van der Waals surface area contributed by atoms with Gasteiger partial charge in [0.2, 0.25) is 0 Å². The fourth-order valence-corrected chi connectivity index (χ4v) is 4.83. The van der Waals surface area contributed by atoms with E-state index in [1.54, 1.807) is 0 Å². The zero-order chi connectivity index (χ0) is 24.4. The van der Waals surface area contributed by atoms with Gasteiger partial charge in [0.1, 0.15) is 0 Å². The molecule has 0 saturated heterocycles. The summed E-state index contributed by atoms with van der Waals surface area (Å²) < 4.78 is 5.78. The van der Waals surface area contributed by atoms with E-state index < -0.39 is 0 Å². The molecule has 2 atom stereocenters. The van der Waals surface area contributed by atoms with Crippen LogP contribution in [0.25, 0.3) is 0 Å². The third-order valence-electron chi connectivity index (χ3n) is 7.49. The van der Waals surface area contributed by atoms with E-state index in [-0.39, 0.29) is 11.9 Å². The number of hydrogen-bond donors (Lipinski definition) is 0. The number of esters is 1. The van der Waals surface area contributed by atoms with Crippen LogP contribution >= 0.6 is 0 Å². The third-order valence-corrected chi connectivity index (χ3v) is 7.49. The smallest absolute Gasteiger partial charge is 0.308 e. The van der Waals surface area contributed by atoms with E-state index in [4.69, 9.17) is 4.74 Å². The van der Waals surface area contributed by atoms with Gasteiger partial charge >= 0.3 is 5.97 Å². The van der Waals surface area contributed by atoms with Gasteiger partial charge in [0.25, 0.3) is 0 Å². The van der Waals surface area contributed by atoms with Gasteiger partial charge in [-0.1, -0.05) is 156 Å². The summed E-state index contributed by atoms with van der Waals surface area (Å²) >= 11 is 0. The second-order valence-corrected chi connectivity index (χ2v) is 10.6. The van der Waals surface area contributed by atoms with Gasteiger partial charge in [-0.15, -0.1) is 0 Å². The molecule has 0 aromatic carbocycles. The molecule has 0 aliphatic rings. The van der Waals surface area contributed by atoms with E-state index in [1.807, 2.05) is 0 Å². The van der Waals surface area contributed by atoms with Crippen LogP contribution in [0.1, 0.15) is 175 Å². The molecule has 2 unspecified atom stereocenters. The molecular weight excluding hydrogens is 404 g/mol. The topological polar surface area (TPSA) is 26.3 Å². The Labute approximate surface area is 209 Å². The molecule has 0 aliphatic carbocycles. The summed E-state index contributed by atoms with van der Waals surface area (Å²) in [5.74, 6) is 0.733. The molecule has 0 fully saturated rings. The van der Waals surface area contributed by atoms with Crippen molar-refractivity contribution < 1.29 is 9.53 Å². The molecule has 0 heterocycles. The van der Waals surface area contributed by atoms with Crippen LogP contribution in [0.4, 0.5) is 0 Å². The molecule has 0 spiro atoms. The molecule has 2 heteroatoms. The van der Waals surface area contributed by atoms with Crippen molar-refractivity contribution in [2.45, 2.75) is 175 Å². The molecule has 0 saturated carbocycles. The first-order valence-corrected chi connectivity index (χ1v) is 15.4. The molecule has 0 amide bonds. The van der Waals surface area contributed by atoms with Crippen molar-refractivity contribution in [2.24, 2.45) is 11.8 Å². The van der Waals surface area contributed by atoms with Crippen molar-refractivity contribution in [1.82, 2.24) is 0 Å². The van der Waals surface area contributed by atoms with Crippen LogP contribution in [0.3, 0.4) is 0 Å². The highest BCUT2D eigenvalue weighted by molar-refractivity contribution is 5.72. The molecule has 0 aliphatic heterocycles. The summed E-state index contributed by atoms with van der Waals surface area (Å²) in [6, 6.07) is 0. The average molecular weight is 467 g/mol. The van der Waals surface area contributed by atoms with E-state index in [9.17, 15) is 4.79 Å². The lowest BCUT2D eigenvalue weighted by molar-refractivity contribution is -0.150. The second-order valence-electron chi connectivity index (χ2n) is 10.6. The zero-order valence-corrected chi connectivity index (χ0v) is 23.4. The Kier molecular flexibility index (Phi) is 25.7. The lowest BCUT2D eigenvalue weighted by Gasteiger charge is -2.18. The maximum atomic E-state index is 12.6. The normalized spacial score (nSPS) is 13.2. The highest BCUT2D eigenvalue weighted by Crippen LogP contribution is 2.20. The van der Waals surface area contributed by atoms with Gasteiger partial charge in [0, 0.05) is 0 Å². The Morgan fingerprint density at radius 3 is 1.30 bits per heavy atom. The van der Waals surface area contributed by atoms with Crippen molar-refractivity contribution in [3.05, 3.63) is 0 Å². The van der Waals surface area contributed by atoms with Crippen molar-refractivity contribution in [1.29, 1.82) is 0 Å². The average Bonchev–Trinajstić information content (AvgIpc) is 2.83. The lowest BCUT2D eigenvalue weighted by Crippen LogP contribution is -2.21. The van der Waals surface area contributed by atoms with E-state index in [0.717, 1.165) is 19.3 Å². The largest absolute Gasteiger partial charge is 0.465 e. The fraction of sp³-hybridized carbons (Fsp3) is 0.968. The monoisotopic (exact) mass is 466 g/mol. The number of carbonyl (C=O) groups excluding carboxylic acids is 1. The molecule has 33 heavy (non-hydrogen) atoms. The minimum atomic E-state index is 0.0685. The first-order chi connectivity index (χ1) is 16.2. The first-order valence-electron chi connectivity index (χ1n) is 15.4. The summed E-state index contributed by atoms with van der Waals surface area (Å²) in [7, 11) is 0. The van der Waals surface area contributed by atoms with E-state index >= 15 is 0 Å². The Hall–Kier alpha value is -0.530. The minimum absolute atomic E-state index is 0.0685. The van der Waals surface area contributed by atoms with Crippen LogP contribution in [0.15, 0.2) is 0 Å². The van der Waals surface area contributed by atoms with E-state index in [1.165, 1.54) is 128 Å². The SMILES string of the molecule is CCCCCCCCCCCCCC(CC)C(=O)OCC(CC)CCCCCCCCCC. The lowest BCUT2D eigenvalue weighted by atomic mass is 9.97. The second kappa shape index (κ2) is 26.1. The number of ether oxygens (including phenoxy) is 1. The quantitative estimate of drug-likeness (QED) is 0.0935. The van der Waals surface area contributed by atoms with Crippen LogP contribution in [0.5, 0.6) is 0 Å². The Balaban J connectivity index is 3.73. The molecule has 2 nitrogen and oxygen atoms in total. The van der Waals surface area contributed by atoms with Gasteiger partial charge in [-0.05, 0) is 25.2 Å². The predicted molar refractivity (Wildman–Crippen MR) is 147 cm³/mol. The van der Waals surface area contributed by atoms with Crippen molar-refractivity contribution >= 4 is 5.97 Å². The predicted octanol–water partition coefficient (Wildman–Crippen LogP) is 10.8. The Morgan fingerprint density at radius 1 is 0.515 bits per heavy atom. The molecule has 0 bridgehead atoms. The van der Waals surface area contributed by atoms with Crippen LogP contribution in [0.2, 0.25) is 0 Å². The van der Waals surface area contributed by atoms with Gasteiger partial charge in [-0.25, -0.2) is 0 Å². The maximum Gasteiger partial charge on any atom is 0.308 e. The summed E-state index contributed by atoms with van der Waals surface area (Å²) in [5, 5.41) is 0. The van der Waals surface area contributed by atoms with Crippen molar-refractivity contribution in [2.75, 3.05) is 6.61 Å². The fourth-order valence-electron chi connectivity index (χ4n) is 4.83. The van der Waals surface area contributed by atoms with E-state index in [0.29, 0.717) is 12.5 Å². The number of carbonyl (C=O) groups is 1. The Bertz CT molecular complexity index is 392. The van der Waals surface area contributed by atoms with Gasteiger partial charge in [-0.3, -0.25) is 4.79 Å². The molecule has 0 N–H and O–H groups in total. The van der Waals surface area contributed by atoms with Crippen LogP contribution in [-0.4, -0.2) is 12.6 Å². The molecule has 198 valence electrons. The molecule has 0 aromatic heterocycles. The summed E-state index contributed by atoms with van der Waals surface area (Å²) in [6.07, 6.45) is 30.2. The highest BCUT2D eigenvalue weighted by atomic mass is 16.5.